The van der Waals surface area contributed by atoms with E-state index in [1.807, 2.05) is 17.0 Å². The molecule has 0 bridgehead atoms. The molecule has 1 aliphatic heterocycles. The Morgan fingerprint density at radius 3 is 2.14 bits per heavy atom. The van der Waals surface area contributed by atoms with Crippen molar-refractivity contribution < 1.29 is 28.5 Å². The summed E-state index contributed by atoms with van der Waals surface area (Å²) in [5.41, 5.74) is 5.08. The average Bonchev–Trinajstić information content (AvgIpc) is 2.77. The van der Waals surface area contributed by atoms with Crippen LogP contribution in [0.5, 0.6) is 28.7 Å². The smallest absolute Gasteiger partial charge is 0.210 e. The van der Waals surface area contributed by atoms with Crippen LogP contribution in [-0.2, 0) is 17.6 Å². The van der Waals surface area contributed by atoms with Gasteiger partial charge in [-0.05, 0) is 41.7 Å². The van der Waals surface area contributed by atoms with E-state index < -0.39 is 0 Å². The van der Waals surface area contributed by atoms with Crippen molar-refractivity contribution in [1.82, 2.24) is 4.90 Å². The van der Waals surface area contributed by atoms with Gasteiger partial charge in [-0.3, -0.25) is 4.79 Å². The van der Waals surface area contributed by atoms with Crippen molar-refractivity contribution in [3.63, 3.8) is 0 Å². The molecule has 1 amide bonds. The third-order valence-electron chi connectivity index (χ3n) is 5.90. The fourth-order valence-electron chi connectivity index (χ4n) is 4.67. The SMILES string of the molecule is COc1cc2c(cc1OC)-c1c(OC)c(OC)c(OC)c3c1[C@@H](C2)N(C=O)CC3. The molecule has 1 atom stereocenters. The number of carbonyl (C=O) groups excluding carboxylic acids is 1. The number of nitrogens with zero attached hydrogens (tertiary/aromatic N) is 1. The van der Waals surface area contributed by atoms with Gasteiger partial charge in [0.05, 0.1) is 41.6 Å². The summed E-state index contributed by atoms with van der Waals surface area (Å²) in [5, 5.41) is 0. The second-order valence-electron chi connectivity index (χ2n) is 7.04. The standard InChI is InChI=1S/C22H25NO6/c1-25-16-9-12-8-15-18-13(6-7-23(15)11-24)20(27-3)22(29-5)21(28-4)19(18)14(12)10-17(16)26-2/h9-11,15H,6-8H2,1-5H3/t15-/m1/s1. The van der Waals surface area contributed by atoms with E-state index in [4.69, 9.17) is 23.7 Å². The van der Waals surface area contributed by atoms with Gasteiger partial charge in [0.25, 0.3) is 0 Å². The van der Waals surface area contributed by atoms with Crippen LogP contribution in [0.4, 0.5) is 0 Å². The number of hydrogen-bond acceptors (Lipinski definition) is 6. The van der Waals surface area contributed by atoms with Gasteiger partial charge in [0.15, 0.2) is 23.0 Å². The normalized spacial score (nSPS) is 16.4. The van der Waals surface area contributed by atoms with Crippen molar-refractivity contribution in [2.45, 2.75) is 18.9 Å². The Morgan fingerprint density at radius 2 is 1.55 bits per heavy atom. The summed E-state index contributed by atoms with van der Waals surface area (Å²) < 4.78 is 28.3. The Kier molecular flexibility index (Phi) is 4.90. The molecule has 29 heavy (non-hydrogen) atoms. The Hall–Kier alpha value is -3.09. The van der Waals surface area contributed by atoms with Gasteiger partial charge in [0, 0.05) is 17.7 Å². The number of carbonyl (C=O) groups is 1. The van der Waals surface area contributed by atoms with Gasteiger partial charge in [0.1, 0.15) is 0 Å². The summed E-state index contributed by atoms with van der Waals surface area (Å²) in [6.45, 7) is 0.620. The van der Waals surface area contributed by atoms with Crippen LogP contribution in [0.25, 0.3) is 11.1 Å². The summed E-state index contributed by atoms with van der Waals surface area (Å²) in [4.78, 5) is 13.7. The zero-order valence-electron chi connectivity index (χ0n) is 17.3. The van der Waals surface area contributed by atoms with Crippen molar-refractivity contribution >= 4 is 6.41 Å². The van der Waals surface area contributed by atoms with Crippen molar-refractivity contribution in [3.05, 3.63) is 28.8 Å². The van der Waals surface area contributed by atoms with Crippen LogP contribution < -0.4 is 23.7 Å². The van der Waals surface area contributed by atoms with Crippen LogP contribution in [0.3, 0.4) is 0 Å². The van der Waals surface area contributed by atoms with Crippen LogP contribution in [0.15, 0.2) is 12.1 Å². The highest BCUT2D eigenvalue weighted by molar-refractivity contribution is 5.87. The first-order chi connectivity index (χ1) is 14.1. The average molecular weight is 399 g/mol. The quantitative estimate of drug-likeness (QED) is 0.696. The molecule has 2 aromatic carbocycles. The number of ether oxygens (including phenoxy) is 5. The maximum Gasteiger partial charge on any atom is 0.210 e. The van der Waals surface area contributed by atoms with Crippen LogP contribution >= 0.6 is 0 Å². The molecule has 7 heteroatoms. The van der Waals surface area contributed by atoms with Crippen molar-refractivity contribution in [2.75, 3.05) is 42.1 Å². The third-order valence-corrected chi connectivity index (χ3v) is 5.90. The first-order valence-electron chi connectivity index (χ1n) is 9.44. The van der Waals surface area contributed by atoms with E-state index in [9.17, 15) is 4.79 Å². The molecule has 0 N–H and O–H groups in total. The van der Waals surface area contributed by atoms with Gasteiger partial charge >= 0.3 is 0 Å². The molecule has 0 saturated carbocycles. The first kappa shape index (κ1) is 19.2. The summed E-state index contributed by atoms with van der Waals surface area (Å²) in [6, 6.07) is 3.84. The van der Waals surface area contributed by atoms with Crippen LogP contribution in [0.1, 0.15) is 22.7 Å². The molecule has 2 aromatic rings. The fourth-order valence-corrected chi connectivity index (χ4v) is 4.67. The minimum Gasteiger partial charge on any atom is -0.493 e. The predicted octanol–water partition coefficient (Wildman–Crippen LogP) is 3.01. The number of hydrogen-bond donors (Lipinski definition) is 0. The first-order valence-corrected chi connectivity index (χ1v) is 9.44. The molecule has 2 aliphatic rings. The number of rotatable bonds is 6. The lowest BCUT2D eigenvalue weighted by Gasteiger charge is -2.41. The summed E-state index contributed by atoms with van der Waals surface area (Å²) >= 11 is 0. The zero-order chi connectivity index (χ0) is 20.7. The largest absolute Gasteiger partial charge is 0.493 e. The minimum absolute atomic E-state index is 0.106. The minimum atomic E-state index is -0.106. The molecule has 154 valence electrons. The molecule has 0 saturated heterocycles. The van der Waals surface area contributed by atoms with E-state index in [1.165, 1.54) is 0 Å². The molecular weight excluding hydrogens is 374 g/mol. The molecular formula is C22H25NO6. The molecule has 0 spiro atoms. The Bertz CT molecular complexity index is 971. The predicted molar refractivity (Wildman–Crippen MR) is 108 cm³/mol. The highest BCUT2D eigenvalue weighted by Crippen LogP contribution is 2.57. The van der Waals surface area contributed by atoms with E-state index in [0.29, 0.717) is 48.1 Å². The maximum absolute atomic E-state index is 11.8. The van der Waals surface area contributed by atoms with Gasteiger partial charge in [0.2, 0.25) is 12.2 Å². The molecule has 1 aliphatic carbocycles. The molecule has 0 fully saturated rings. The fraction of sp³-hybridized carbons (Fsp3) is 0.409. The lowest BCUT2D eigenvalue weighted by molar-refractivity contribution is -0.120. The summed E-state index contributed by atoms with van der Waals surface area (Å²) in [6.07, 6.45) is 2.28. The highest BCUT2D eigenvalue weighted by atomic mass is 16.5. The number of benzene rings is 2. The van der Waals surface area contributed by atoms with Crippen LogP contribution in [0.2, 0.25) is 0 Å². The van der Waals surface area contributed by atoms with Gasteiger partial charge in [-0.25, -0.2) is 0 Å². The van der Waals surface area contributed by atoms with Crippen molar-refractivity contribution in [3.8, 4) is 39.9 Å². The lowest BCUT2D eigenvalue weighted by Crippen LogP contribution is -2.37. The Labute approximate surface area is 170 Å². The second-order valence-corrected chi connectivity index (χ2v) is 7.04. The monoisotopic (exact) mass is 399 g/mol. The van der Waals surface area contributed by atoms with Crippen molar-refractivity contribution in [2.24, 2.45) is 0 Å². The van der Waals surface area contributed by atoms with E-state index in [0.717, 1.165) is 34.2 Å². The molecule has 4 rings (SSSR count). The molecule has 1 heterocycles. The van der Waals surface area contributed by atoms with E-state index >= 15 is 0 Å². The van der Waals surface area contributed by atoms with Gasteiger partial charge in [-0.1, -0.05) is 0 Å². The van der Waals surface area contributed by atoms with E-state index in [2.05, 4.69) is 0 Å². The second kappa shape index (κ2) is 7.39. The summed E-state index contributed by atoms with van der Waals surface area (Å²) in [7, 11) is 8.09. The molecule has 0 radical (unpaired) electrons. The molecule has 0 unspecified atom stereocenters. The van der Waals surface area contributed by atoms with Crippen LogP contribution in [0, 0.1) is 0 Å². The highest BCUT2D eigenvalue weighted by Gasteiger charge is 2.40. The molecule has 7 nitrogen and oxygen atoms in total. The van der Waals surface area contributed by atoms with Crippen molar-refractivity contribution in [1.29, 1.82) is 0 Å². The zero-order valence-corrected chi connectivity index (χ0v) is 17.3. The maximum atomic E-state index is 11.8. The van der Waals surface area contributed by atoms with Crippen LogP contribution in [-0.4, -0.2) is 53.4 Å². The molecule has 0 aromatic heterocycles. The Balaban J connectivity index is 2.12. The number of methoxy groups -OCH3 is 5. The lowest BCUT2D eigenvalue weighted by atomic mass is 9.76. The van der Waals surface area contributed by atoms with E-state index in [-0.39, 0.29) is 6.04 Å². The third kappa shape index (κ3) is 2.68. The number of fused-ring (bicyclic) bond motifs is 2. The summed E-state index contributed by atoms with van der Waals surface area (Å²) in [5.74, 6) is 3.11. The van der Waals surface area contributed by atoms with Gasteiger partial charge in [-0.15, -0.1) is 0 Å². The topological polar surface area (TPSA) is 66.5 Å². The van der Waals surface area contributed by atoms with E-state index in [1.54, 1.807) is 35.5 Å². The van der Waals surface area contributed by atoms with Gasteiger partial charge in [-0.2, -0.15) is 0 Å². The van der Waals surface area contributed by atoms with Gasteiger partial charge < -0.3 is 28.6 Å². The number of amides is 1. The Morgan fingerprint density at radius 1 is 0.897 bits per heavy atom.